The molecule has 8 aliphatic heterocycles. The van der Waals surface area contributed by atoms with E-state index in [1.54, 1.807) is 32.8 Å². The smallest absolute Gasteiger partial charge is 0.216 e. The Morgan fingerprint density at radius 3 is 1.43 bits per heavy atom. The van der Waals surface area contributed by atoms with Crippen molar-refractivity contribution in [2.24, 2.45) is 0 Å². The largest absolute Gasteiger partial charge is 0.495 e. The van der Waals surface area contributed by atoms with Crippen molar-refractivity contribution in [2.75, 3.05) is 176 Å². The van der Waals surface area contributed by atoms with E-state index in [0.717, 1.165) is 295 Å². The van der Waals surface area contributed by atoms with E-state index in [4.69, 9.17) is 52.8 Å². The molecule has 29 nitrogen and oxygen atoms in total. The van der Waals surface area contributed by atoms with Gasteiger partial charge in [0.05, 0.1) is 114 Å². The predicted molar refractivity (Wildman–Crippen MR) is 446 cm³/mol. The topological polar surface area (TPSA) is 259 Å². The van der Waals surface area contributed by atoms with Gasteiger partial charge in [0, 0.05) is 227 Å². The van der Waals surface area contributed by atoms with Crippen molar-refractivity contribution in [3.8, 4) is 62.9 Å². The summed E-state index contributed by atoms with van der Waals surface area (Å²) in [6, 6.07) is 28.5. The number of aromatic nitrogens is 12. The lowest BCUT2D eigenvalue weighted by molar-refractivity contribution is -0.100. The van der Waals surface area contributed by atoms with Gasteiger partial charge in [-0.1, -0.05) is 0 Å². The lowest BCUT2D eigenvalue weighted by atomic mass is 9.95. The first-order chi connectivity index (χ1) is 57.0. The summed E-state index contributed by atoms with van der Waals surface area (Å²) >= 11 is 0. The Bertz CT molecular complexity index is 5490. The van der Waals surface area contributed by atoms with Gasteiger partial charge in [0.15, 0.2) is 34.4 Å². The molecule has 600 valence electrons. The lowest BCUT2D eigenvalue weighted by Gasteiger charge is -2.53. The molecule has 29 heteroatoms. The van der Waals surface area contributed by atoms with Gasteiger partial charge >= 0.3 is 0 Å². The Labute approximate surface area is 673 Å². The third-order valence-electron chi connectivity index (χ3n) is 23.5. The van der Waals surface area contributed by atoms with Crippen molar-refractivity contribution < 1.29 is 37.9 Å². The van der Waals surface area contributed by atoms with E-state index in [0.29, 0.717) is 35.6 Å². The van der Waals surface area contributed by atoms with Gasteiger partial charge in [0.25, 0.3) is 0 Å². The Balaban J connectivity index is 0.000000116. The van der Waals surface area contributed by atoms with Gasteiger partial charge in [0.2, 0.25) is 17.6 Å². The maximum Gasteiger partial charge on any atom is 0.216 e. The molecule has 21 rings (SSSR count). The number of piperazine rings is 3. The van der Waals surface area contributed by atoms with Crippen LogP contribution in [0.3, 0.4) is 0 Å². The van der Waals surface area contributed by atoms with Crippen LogP contribution in [0.25, 0.3) is 50.7 Å². The molecule has 3 N–H and O–H groups in total. The highest BCUT2D eigenvalue weighted by Gasteiger charge is 2.41. The number of nitrogens with one attached hydrogen (secondary N) is 3. The van der Waals surface area contributed by atoms with Crippen molar-refractivity contribution in [1.29, 1.82) is 0 Å². The van der Waals surface area contributed by atoms with Gasteiger partial charge < -0.3 is 81.7 Å². The summed E-state index contributed by atoms with van der Waals surface area (Å²) in [5, 5.41) is 10.5. The number of methoxy groups -OCH3 is 2. The van der Waals surface area contributed by atoms with Crippen LogP contribution in [0.1, 0.15) is 62.6 Å². The van der Waals surface area contributed by atoms with E-state index in [1.165, 1.54) is 18.5 Å². The number of hydrogen-bond acceptors (Lipinski definition) is 26. The molecule has 1 saturated carbocycles. The molecule has 0 unspecified atom stereocenters. The summed E-state index contributed by atoms with van der Waals surface area (Å²) in [4.78, 5) is 57.0. The predicted octanol–water partition coefficient (Wildman–Crippen LogP) is 11.7. The molecule has 116 heavy (non-hydrogen) atoms. The number of pyridine rings is 3. The summed E-state index contributed by atoms with van der Waals surface area (Å²) in [6.07, 6.45) is 31.5. The van der Waals surface area contributed by atoms with Crippen LogP contribution in [0, 0.1) is 0 Å². The van der Waals surface area contributed by atoms with Gasteiger partial charge in [-0.15, -0.1) is 0 Å². The molecule has 1 atom stereocenters. The van der Waals surface area contributed by atoms with Crippen molar-refractivity contribution in [3.05, 3.63) is 170 Å². The monoisotopic (exact) mass is 1570 g/mol. The highest BCUT2D eigenvalue weighted by Crippen LogP contribution is 2.41. The van der Waals surface area contributed by atoms with Gasteiger partial charge in [0.1, 0.15) is 11.5 Å². The van der Waals surface area contributed by atoms with Gasteiger partial charge in [-0.25, -0.2) is 44.9 Å². The second-order valence-electron chi connectivity index (χ2n) is 31.7. The molecule has 1 aliphatic carbocycles. The van der Waals surface area contributed by atoms with Crippen molar-refractivity contribution in [3.63, 3.8) is 0 Å². The number of benzene rings is 3. The molecule has 0 amide bonds. The molecule has 0 spiro atoms. The maximum absolute atomic E-state index is 5.89. The zero-order chi connectivity index (χ0) is 78.1. The molecule has 6 fully saturated rings. The molecule has 17 heterocycles. The molecule has 12 aromatic rings. The summed E-state index contributed by atoms with van der Waals surface area (Å²) < 4.78 is 51.8. The van der Waals surface area contributed by atoms with Gasteiger partial charge in [-0.05, 0) is 132 Å². The first-order valence-electron chi connectivity index (χ1n) is 40.9. The van der Waals surface area contributed by atoms with Crippen LogP contribution >= 0.6 is 0 Å². The molecule has 9 aliphatic rings. The Morgan fingerprint density at radius 2 is 0.948 bits per heavy atom. The van der Waals surface area contributed by atoms with Crippen molar-refractivity contribution in [1.82, 2.24) is 72.8 Å². The fourth-order valence-corrected chi connectivity index (χ4v) is 17.0. The Hall–Kier alpha value is -11.5. The number of aryl methyl sites for hydroxylation is 3. The SMILES string of the molecule is COc1cc(Nc2nc(-c3cnc4c(c3)CCCO4)cn3ccnc23)ccc1N1CCN(C2COC2)C(C)(C)C1.COc1cc(Nc2nc(-c3cnc4c(c3)CCCO4)cn3ccnc23)ccc1N1CCN(CCOC2CC2)CC1.c1cn2cc(-c3cnc4c(c3)CCCO4)nc(Nc3ccc(N4CCN5CCOC[C@@H]5C4)cc3)c2n1. The molecule has 3 aromatic carbocycles. The minimum absolute atomic E-state index is 0.0446. The summed E-state index contributed by atoms with van der Waals surface area (Å²) in [5.74, 6) is 5.92. The zero-order valence-corrected chi connectivity index (χ0v) is 66.3. The number of imidazole rings is 3. The Kier molecular flexibility index (Phi) is 21.2. The third kappa shape index (κ3) is 16.2. The second kappa shape index (κ2) is 33.0. The van der Waals surface area contributed by atoms with Crippen molar-refractivity contribution in [2.45, 2.75) is 88.9 Å². The van der Waals surface area contributed by atoms with Gasteiger partial charge in [-0.3, -0.25) is 14.7 Å². The maximum atomic E-state index is 5.89. The number of anilines is 9. The van der Waals surface area contributed by atoms with E-state index in [9.17, 15) is 0 Å². The summed E-state index contributed by atoms with van der Waals surface area (Å²) in [6.45, 7) is 23.0. The van der Waals surface area contributed by atoms with Crippen LogP contribution in [-0.4, -0.2) is 242 Å². The minimum Gasteiger partial charge on any atom is -0.495 e. The number of fused-ring (bicyclic) bond motifs is 7. The number of morpholine rings is 1. The molecular formula is C87H99N21O8. The fraction of sp³-hybridized carbons (Fsp3) is 0.414. The highest BCUT2D eigenvalue weighted by atomic mass is 16.5. The summed E-state index contributed by atoms with van der Waals surface area (Å²) in [5.41, 5.74) is 17.3. The number of rotatable bonds is 19. The number of nitrogens with zero attached hydrogens (tertiary/aromatic N) is 18. The average molecular weight is 1570 g/mol. The second-order valence-corrected chi connectivity index (χ2v) is 31.7. The average Bonchev–Trinajstić information content (AvgIpc) is 1.73. The fourth-order valence-electron chi connectivity index (χ4n) is 17.0. The van der Waals surface area contributed by atoms with E-state index in [2.05, 4.69) is 156 Å². The summed E-state index contributed by atoms with van der Waals surface area (Å²) in [7, 11) is 3.46. The molecule has 0 bridgehead atoms. The first-order valence-corrected chi connectivity index (χ1v) is 40.9. The number of ether oxygens (including phenoxy) is 8. The minimum atomic E-state index is 0.0446. The van der Waals surface area contributed by atoms with Crippen LogP contribution in [-0.2, 0) is 33.5 Å². The van der Waals surface area contributed by atoms with Crippen LogP contribution in [0.15, 0.2) is 153 Å². The molecule has 0 radical (unpaired) electrons. The van der Waals surface area contributed by atoms with Crippen LogP contribution in [0.4, 0.5) is 51.6 Å². The first kappa shape index (κ1) is 74.6. The standard InChI is InChI=1S/2C30H35N7O3.C27H29N7O2/c1-30(2)19-36(10-11-37(30)23-17-39-18-23)25-7-6-22(14-26(25)38-3)33-27-28-31-8-9-35(28)16-24(34-27)21-13-20-5-4-12-40-29(20)32-15-21;1-38-27-18-23(4-7-26(27)36-12-10-35(11-13-36)14-16-39-24-5-6-24)33-28-29-31-8-9-37(29)20-25(34-28)22-17-21-3-2-15-40-30(21)32-19-22;1-2-19-14-20(15-29-27(19)36-12-1)24-17-34-8-7-28-26(34)25(31-24)30-21-3-5-22(6-4-21)33-10-9-32-11-13-35-18-23(32)16-33/h6-9,13-16,23H,4-5,10-12,17-19H2,1-3H3,(H,33,34);4,7-9,17-20,24H,2-3,5-6,10-16H2,1H3,(H,33,34);3-8,14-15,17,23H,1-2,9-13,16,18H2,(H,30,31)/t;;23-/m..0/s1. The lowest BCUT2D eigenvalue weighted by Crippen LogP contribution is -2.66. The molecule has 9 aromatic heterocycles. The molecule has 5 saturated heterocycles. The van der Waals surface area contributed by atoms with Gasteiger partial charge in [-0.2, -0.15) is 0 Å². The normalized spacial score (nSPS) is 18.8. The van der Waals surface area contributed by atoms with Crippen LogP contribution in [0.2, 0.25) is 0 Å². The van der Waals surface area contributed by atoms with E-state index in [1.807, 2.05) is 81.1 Å². The quantitative estimate of drug-likeness (QED) is 0.0679. The van der Waals surface area contributed by atoms with Crippen molar-refractivity contribution >= 4 is 68.5 Å². The third-order valence-corrected chi connectivity index (χ3v) is 23.5. The van der Waals surface area contributed by atoms with Crippen LogP contribution in [0.5, 0.6) is 29.1 Å². The van der Waals surface area contributed by atoms with E-state index < -0.39 is 0 Å². The van der Waals surface area contributed by atoms with Crippen LogP contribution < -0.4 is 54.3 Å². The zero-order valence-electron chi connectivity index (χ0n) is 66.3. The molecular weight excluding hydrogens is 1470 g/mol. The Morgan fingerprint density at radius 1 is 0.474 bits per heavy atom. The van der Waals surface area contributed by atoms with E-state index in [-0.39, 0.29) is 5.54 Å². The number of hydrogen-bond donors (Lipinski definition) is 3. The highest BCUT2D eigenvalue weighted by molar-refractivity contribution is 5.79. The van der Waals surface area contributed by atoms with E-state index >= 15 is 0 Å².